The largest absolute Gasteiger partial charge is 0.347 e. The molecule has 20 heavy (non-hydrogen) atoms. The van der Waals surface area contributed by atoms with Gasteiger partial charge in [0.1, 0.15) is 11.2 Å². The Morgan fingerprint density at radius 3 is 2.70 bits per heavy atom. The second-order valence-electron chi connectivity index (χ2n) is 5.73. The molecule has 5 heteroatoms. The van der Waals surface area contributed by atoms with Crippen molar-refractivity contribution in [1.82, 2.24) is 14.9 Å². The van der Waals surface area contributed by atoms with Gasteiger partial charge in [-0.3, -0.25) is 14.2 Å². The van der Waals surface area contributed by atoms with Crippen LogP contribution in [0.3, 0.4) is 0 Å². The molecule has 0 aromatic carbocycles. The van der Waals surface area contributed by atoms with E-state index in [1.165, 1.54) is 4.57 Å². The number of hydrogen-bond donors (Lipinski definition) is 1. The maximum Gasteiger partial charge on any atom is 0.265 e. The number of aryl methyl sites for hydroxylation is 1. The molecule has 0 aliphatic rings. The highest BCUT2D eigenvalue weighted by atomic mass is 16.2. The van der Waals surface area contributed by atoms with Gasteiger partial charge < -0.3 is 5.32 Å². The van der Waals surface area contributed by atoms with Gasteiger partial charge in [-0.05, 0) is 45.9 Å². The molecule has 1 N–H and O–H groups in total. The molecule has 2 aromatic rings. The van der Waals surface area contributed by atoms with Gasteiger partial charge in [0.05, 0.1) is 0 Å². The van der Waals surface area contributed by atoms with Crippen LogP contribution in [0.25, 0.3) is 11.0 Å². The number of aromatic nitrogens is 2. The zero-order valence-electron chi connectivity index (χ0n) is 12.2. The minimum atomic E-state index is -0.384. The van der Waals surface area contributed by atoms with Gasteiger partial charge in [-0.25, -0.2) is 4.98 Å². The van der Waals surface area contributed by atoms with Crippen LogP contribution in [0.15, 0.2) is 29.2 Å². The summed E-state index contributed by atoms with van der Waals surface area (Å²) < 4.78 is 1.52. The van der Waals surface area contributed by atoms with E-state index in [1.54, 1.807) is 18.3 Å². The first-order valence-corrected chi connectivity index (χ1v) is 6.64. The predicted molar refractivity (Wildman–Crippen MR) is 78.9 cm³/mol. The summed E-state index contributed by atoms with van der Waals surface area (Å²) in [5.74, 6) is -0.351. The first kappa shape index (κ1) is 14.2. The Labute approximate surface area is 117 Å². The zero-order chi connectivity index (χ0) is 14.9. The SMILES string of the molecule is CCn1c(=O)c(C(=O)NC(C)(C)C)cc2cccnc21. The predicted octanol–water partition coefficient (Wildman–Crippen LogP) is 1.94. The quantitative estimate of drug-likeness (QED) is 0.909. The van der Waals surface area contributed by atoms with Gasteiger partial charge in [0.15, 0.2) is 0 Å². The molecule has 106 valence electrons. The fourth-order valence-corrected chi connectivity index (χ4v) is 2.07. The Hall–Kier alpha value is -2.17. The third-order valence-electron chi connectivity index (χ3n) is 2.90. The molecular weight excluding hydrogens is 254 g/mol. The second-order valence-corrected chi connectivity index (χ2v) is 5.73. The van der Waals surface area contributed by atoms with Gasteiger partial charge in [0.25, 0.3) is 11.5 Å². The fraction of sp³-hybridized carbons (Fsp3) is 0.400. The topological polar surface area (TPSA) is 64.0 Å². The molecule has 0 aliphatic carbocycles. The van der Waals surface area contributed by atoms with Gasteiger partial charge in [0, 0.05) is 23.7 Å². The average molecular weight is 273 g/mol. The molecule has 5 nitrogen and oxygen atoms in total. The van der Waals surface area contributed by atoms with Crippen LogP contribution in [0.1, 0.15) is 38.1 Å². The lowest BCUT2D eigenvalue weighted by Crippen LogP contribution is -2.43. The van der Waals surface area contributed by atoms with Crippen molar-refractivity contribution in [2.75, 3.05) is 0 Å². The van der Waals surface area contributed by atoms with Crippen LogP contribution in [0.2, 0.25) is 0 Å². The van der Waals surface area contributed by atoms with Crippen LogP contribution in [-0.4, -0.2) is 21.0 Å². The summed E-state index contributed by atoms with van der Waals surface area (Å²) in [4.78, 5) is 28.9. The highest BCUT2D eigenvalue weighted by Gasteiger charge is 2.20. The molecule has 0 saturated carbocycles. The first-order chi connectivity index (χ1) is 9.33. The number of carbonyl (C=O) groups excluding carboxylic acids is 1. The minimum absolute atomic E-state index is 0.155. The van der Waals surface area contributed by atoms with E-state index in [0.29, 0.717) is 12.2 Å². The summed E-state index contributed by atoms with van der Waals surface area (Å²) in [5.41, 5.74) is 0.0693. The minimum Gasteiger partial charge on any atom is -0.347 e. The van der Waals surface area contributed by atoms with Crippen LogP contribution >= 0.6 is 0 Å². The van der Waals surface area contributed by atoms with Crippen molar-refractivity contribution in [2.24, 2.45) is 0 Å². The molecule has 1 amide bonds. The summed E-state index contributed by atoms with van der Waals surface area (Å²) in [7, 11) is 0. The maximum atomic E-state index is 12.4. The number of nitrogens with zero attached hydrogens (tertiary/aromatic N) is 2. The molecule has 0 spiro atoms. The van der Waals surface area contributed by atoms with E-state index >= 15 is 0 Å². The normalized spacial score (nSPS) is 11.6. The zero-order valence-corrected chi connectivity index (χ0v) is 12.2. The van der Waals surface area contributed by atoms with Crippen molar-refractivity contribution in [1.29, 1.82) is 0 Å². The lowest BCUT2D eigenvalue weighted by Gasteiger charge is -2.20. The number of carbonyl (C=O) groups is 1. The van der Waals surface area contributed by atoms with E-state index in [-0.39, 0.29) is 22.6 Å². The van der Waals surface area contributed by atoms with E-state index in [4.69, 9.17) is 0 Å². The molecule has 0 fully saturated rings. The van der Waals surface area contributed by atoms with Gasteiger partial charge >= 0.3 is 0 Å². The monoisotopic (exact) mass is 273 g/mol. The highest BCUT2D eigenvalue weighted by molar-refractivity contribution is 5.97. The van der Waals surface area contributed by atoms with Crippen molar-refractivity contribution in [3.8, 4) is 0 Å². The summed E-state index contributed by atoms with van der Waals surface area (Å²) in [6.45, 7) is 7.98. The van der Waals surface area contributed by atoms with Crippen molar-refractivity contribution < 1.29 is 4.79 Å². The van der Waals surface area contributed by atoms with Gasteiger partial charge in [-0.2, -0.15) is 0 Å². The van der Waals surface area contributed by atoms with E-state index in [0.717, 1.165) is 5.39 Å². The fourth-order valence-electron chi connectivity index (χ4n) is 2.07. The second kappa shape index (κ2) is 5.07. The van der Waals surface area contributed by atoms with Gasteiger partial charge in [-0.15, -0.1) is 0 Å². The molecule has 0 aliphatic heterocycles. The van der Waals surface area contributed by atoms with Crippen molar-refractivity contribution in [3.05, 3.63) is 40.3 Å². The molecule has 0 atom stereocenters. The van der Waals surface area contributed by atoms with Gasteiger partial charge in [-0.1, -0.05) is 0 Å². The number of nitrogens with one attached hydrogen (secondary N) is 1. The summed E-state index contributed by atoms with van der Waals surface area (Å²) in [5, 5.41) is 3.60. The highest BCUT2D eigenvalue weighted by Crippen LogP contribution is 2.11. The molecule has 0 saturated heterocycles. The lowest BCUT2D eigenvalue weighted by molar-refractivity contribution is 0.0917. The number of amides is 1. The Bertz CT molecular complexity index is 711. The van der Waals surface area contributed by atoms with Crippen LogP contribution in [-0.2, 0) is 6.54 Å². The third-order valence-corrected chi connectivity index (χ3v) is 2.90. The molecule has 2 rings (SSSR count). The Morgan fingerprint density at radius 2 is 2.10 bits per heavy atom. The van der Waals surface area contributed by atoms with E-state index in [2.05, 4.69) is 10.3 Å². The first-order valence-electron chi connectivity index (χ1n) is 6.64. The number of rotatable bonds is 2. The van der Waals surface area contributed by atoms with Crippen molar-refractivity contribution >= 4 is 16.9 Å². The lowest BCUT2D eigenvalue weighted by atomic mass is 10.1. The van der Waals surface area contributed by atoms with Gasteiger partial charge in [0.2, 0.25) is 0 Å². The summed E-state index contributed by atoms with van der Waals surface area (Å²) >= 11 is 0. The smallest absolute Gasteiger partial charge is 0.265 e. The molecule has 2 aromatic heterocycles. The van der Waals surface area contributed by atoms with E-state index in [9.17, 15) is 9.59 Å². The van der Waals surface area contributed by atoms with Crippen LogP contribution in [0.5, 0.6) is 0 Å². The third kappa shape index (κ3) is 2.71. The molecule has 0 radical (unpaired) electrons. The van der Waals surface area contributed by atoms with Crippen molar-refractivity contribution in [2.45, 2.75) is 39.8 Å². The number of hydrogen-bond acceptors (Lipinski definition) is 3. The van der Waals surface area contributed by atoms with Crippen LogP contribution in [0, 0.1) is 0 Å². The van der Waals surface area contributed by atoms with Crippen molar-refractivity contribution in [3.63, 3.8) is 0 Å². The van der Waals surface area contributed by atoms with E-state index < -0.39 is 0 Å². The number of pyridine rings is 2. The average Bonchev–Trinajstić information content (AvgIpc) is 2.36. The van der Waals surface area contributed by atoms with Crippen LogP contribution in [0.4, 0.5) is 0 Å². The maximum absolute atomic E-state index is 12.4. The summed E-state index contributed by atoms with van der Waals surface area (Å²) in [6, 6.07) is 5.25. The Morgan fingerprint density at radius 1 is 1.40 bits per heavy atom. The van der Waals surface area contributed by atoms with E-state index in [1.807, 2.05) is 33.8 Å². The summed E-state index contributed by atoms with van der Waals surface area (Å²) in [6.07, 6.45) is 1.64. The standard InChI is InChI=1S/C15H19N3O2/c1-5-18-12-10(7-6-8-16-12)9-11(14(18)20)13(19)17-15(2,3)4/h6-9H,5H2,1-4H3,(H,17,19). The molecular formula is C15H19N3O2. The number of fused-ring (bicyclic) bond motifs is 1. The molecule has 2 heterocycles. The Kier molecular flexibility index (Phi) is 3.61. The molecule has 0 unspecified atom stereocenters. The van der Waals surface area contributed by atoms with Crippen LogP contribution < -0.4 is 10.9 Å². The molecule has 0 bridgehead atoms. The Balaban J connectivity index is 2.63.